The number of H-pyrrole nitrogens is 2. The molecule has 3 N–H and O–H groups in total. The quantitative estimate of drug-likeness (QED) is 0.138. The van der Waals surface area contributed by atoms with E-state index in [1.54, 1.807) is 51.3 Å². The number of carboxylic acid groups (broad SMARTS) is 1. The normalized spacial score (nSPS) is 16.8. The van der Waals surface area contributed by atoms with Gasteiger partial charge in [-0.15, -0.1) is 0 Å². The Balaban J connectivity index is 0.000000148. The Morgan fingerprint density at radius 1 is 0.563 bits per heavy atom. The molecule has 71 heavy (non-hydrogen) atoms. The minimum Gasteiger partial charge on any atom is -0.481 e. The molecule has 3 aliphatic heterocycles. The van der Waals surface area contributed by atoms with Gasteiger partial charge in [-0.2, -0.15) is 10.2 Å². The van der Waals surface area contributed by atoms with Crippen molar-refractivity contribution in [3.8, 4) is 22.5 Å². The SMILES string of the molecule is O=C(O)C1CCN(c2ccc(-c3n[nH]c(=O)c4ccccc34)cc2)C1=O.O=C1C(C(=O)N2CCc3ccccc32)CCN1c1ccc(-c2n[nH]c(=O)c3ccccc23)cc1.[2H]CF.c1ccc2c(c1)CCC2. The number of fused-ring (bicyclic) bond motifs is 4. The Kier molecular flexibility index (Phi) is 13.6. The van der Waals surface area contributed by atoms with Gasteiger partial charge in [-0.3, -0.25) is 33.2 Å². The Morgan fingerprint density at radius 3 is 1.46 bits per heavy atom. The molecule has 12 rings (SSSR count). The second-order valence-electron chi connectivity index (χ2n) is 17.5. The molecule has 2 saturated heterocycles. The number of para-hydroxylation sites is 1. The van der Waals surface area contributed by atoms with Crippen LogP contribution >= 0.6 is 0 Å². The van der Waals surface area contributed by atoms with Crippen LogP contribution in [0.3, 0.4) is 0 Å². The summed E-state index contributed by atoms with van der Waals surface area (Å²) in [5.74, 6) is -3.38. The number of carbonyl (C=O) groups is 4. The molecule has 2 fully saturated rings. The highest BCUT2D eigenvalue weighted by atomic mass is 19.1. The number of alkyl halides is 1. The lowest BCUT2D eigenvalue weighted by Crippen LogP contribution is -2.39. The van der Waals surface area contributed by atoms with Crippen LogP contribution in [0.4, 0.5) is 21.5 Å². The maximum absolute atomic E-state index is 13.2. The average Bonchev–Trinajstić information content (AvgIpc) is 4.24. The lowest BCUT2D eigenvalue weighted by atomic mass is 10.0. The first-order valence-electron chi connectivity index (χ1n) is 24.1. The number of nitrogens with one attached hydrogen (secondary N) is 2. The standard InChI is InChI=1S/C27H22N4O3.C19H15N3O4.C9H10.CH3F/c32-25-21-7-3-2-6-20(21)24(28-29-25)18-9-11-19(12-10-18)30-16-14-22(26(30)33)27(34)31-15-13-17-5-1-4-8-23(17)31;23-17-14-4-2-1-3-13(14)16(20-21-17)11-5-7-12(8-6-11)22-10-9-15(18(22)24)19(25)26;1-2-5-9-7-3-6-8(9)4-1;1-2/h1-12,22H,13-16H2,(H,29,32);1-8,15H,9-10H2,(H,21,23)(H,25,26);1-2,4-5H,3,6-7H2;1H3/i;;;1D. The fraction of sp³-hybridized carbons (Fsp3) is 0.214. The molecule has 2 unspecified atom stereocenters. The zero-order chi connectivity index (χ0) is 50.3. The van der Waals surface area contributed by atoms with Gasteiger partial charge in [0.1, 0.15) is 11.8 Å². The number of aromatic amines is 2. The van der Waals surface area contributed by atoms with Crippen LogP contribution < -0.4 is 25.8 Å². The fourth-order valence-electron chi connectivity index (χ4n) is 9.87. The van der Waals surface area contributed by atoms with E-state index in [9.17, 15) is 33.2 Å². The van der Waals surface area contributed by atoms with Crippen LogP contribution in [-0.4, -0.2) is 76.0 Å². The second kappa shape index (κ2) is 21.0. The number of benzene rings is 6. The van der Waals surface area contributed by atoms with Crippen molar-refractivity contribution >= 4 is 62.3 Å². The van der Waals surface area contributed by atoms with Gasteiger partial charge >= 0.3 is 5.97 Å². The maximum Gasteiger partial charge on any atom is 0.316 e. The molecule has 6 aromatic carbocycles. The third-order valence-corrected chi connectivity index (χ3v) is 13.5. The highest BCUT2D eigenvalue weighted by Gasteiger charge is 2.41. The molecule has 2 atom stereocenters. The van der Waals surface area contributed by atoms with Gasteiger partial charge in [-0.25, -0.2) is 10.2 Å². The number of anilines is 3. The molecule has 3 amide bonds. The monoisotopic (exact) mass is 952 g/mol. The summed E-state index contributed by atoms with van der Waals surface area (Å²) in [4.78, 5) is 78.7. The summed E-state index contributed by atoms with van der Waals surface area (Å²) in [6, 6.07) is 45.8. The Labute approximate surface area is 408 Å². The van der Waals surface area contributed by atoms with Crippen LogP contribution in [-0.2, 0) is 38.4 Å². The summed E-state index contributed by atoms with van der Waals surface area (Å²) in [5, 5.41) is 25.2. The van der Waals surface area contributed by atoms with Crippen molar-refractivity contribution in [2.45, 2.75) is 38.5 Å². The van der Waals surface area contributed by atoms with Crippen LogP contribution in [0.25, 0.3) is 44.1 Å². The molecule has 0 saturated carbocycles. The van der Waals surface area contributed by atoms with E-state index in [4.69, 9.17) is 6.48 Å². The number of hydrogen-bond donors (Lipinski definition) is 3. The van der Waals surface area contributed by atoms with Crippen molar-refractivity contribution in [1.82, 2.24) is 20.4 Å². The largest absolute Gasteiger partial charge is 0.481 e. The van der Waals surface area contributed by atoms with Crippen molar-refractivity contribution in [3.63, 3.8) is 0 Å². The zero-order valence-electron chi connectivity index (χ0n) is 39.6. The smallest absolute Gasteiger partial charge is 0.316 e. The summed E-state index contributed by atoms with van der Waals surface area (Å²) < 4.78 is 15.5. The molecule has 358 valence electrons. The first-order chi connectivity index (χ1) is 35.1. The van der Waals surface area contributed by atoms with Crippen molar-refractivity contribution in [2.24, 2.45) is 11.8 Å². The van der Waals surface area contributed by atoms with Gasteiger partial charge < -0.3 is 19.8 Å². The van der Waals surface area contributed by atoms with E-state index < -0.39 is 30.9 Å². The number of carbonyl (C=O) groups excluding carboxylic acids is 3. The maximum atomic E-state index is 13.2. The first kappa shape index (κ1) is 46.2. The fourth-order valence-corrected chi connectivity index (χ4v) is 9.87. The molecule has 0 spiro atoms. The highest BCUT2D eigenvalue weighted by molar-refractivity contribution is 6.15. The number of hydrogen-bond acceptors (Lipinski definition) is 8. The first-order valence-corrected chi connectivity index (χ1v) is 23.4. The van der Waals surface area contributed by atoms with Crippen LogP contribution in [0.1, 0.15) is 37.3 Å². The summed E-state index contributed by atoms with van der Waals surface area (Å²) >= 11 is 0. The highest BCUT2D eigenvalue weighted by Crippen LogP contribution is 2.35. The summed E-state index contributed by atoms with van der Waals surface area (Å²) in [7, 11) is -1.00. The van der Waals surface area contributed by atoms with Crippen LogP contribution in [0.2, 0.25) is 0 Å². The Bertz CT molecular complexity index is 3420. The number of amides is 3. The summed E-state index contributed by atoms with van der Waals surface area (Å²) in [5.41, 5.74) is 9.08. The number of rotatable bonds is 6. The topological polar surface area (TPSA) is 190 Å². The van der Waals surface area contributed by atoms with Crippen molar-refractivity contribution in [1.29, 1.82) is 0 Å². The van der Waals surface area contributed by atoms with Gasteiger partial charge in [-0.05, 0) is 97.7 Å². The number of halogens is 1. The Morgan fingerprint density at radius 2 is 0.986 bits per heavy atom. The molecule has 0 bridgehead atoms. The molecular weight excluding hydrogens is 902 g/mol. The van der Waals surface area contributed by atoms with Gasteiger partial charge in [0.25, 0.3) is 11.1 Å². The number of nitrogens with zero attached hydrogens (tertiary/aromatic N) is 5. The molecular formula is C56H50FN7O7. The zero-order valence-corrected chi connectivity index (χ0v) is 38.6. The number of aryl methyl sites for hydroxylation is 2. The predicted molar refractivity (Wildman–Crippen MR) is 272 cm³/mol. The molecule has 14 nitrogen and oxygen atoms in total. The van der Waals surface area contributed by atoms with Crippen molar-refractivity contribution in [2.75, 3.05) is 41.5 Å². The van der Waals surface area contributed by atoms with E-state index in [1.165, 1.54) is 24.2 Å². The van der Waals surface area contributed by atoms with Gasteiger partial charge in [-0.1, -0.05) is 103 Å². The number of aromatic nitrogens is 4. The van der Waals surface area contributed by atoms with E-state index >= 15 is 0 Å². The minimum atomic E-state index is -1.09. The molecule has 4 aliphatic rings. The third kappa shape index (κ3) is 9.58. The predicted octanol–water partition coefficient (Wildman–Crippen LogP) is 8.32. The Hall–Kier alpha value is -8.59. The average molecular weight is 953 g/mol. The van der Waals surface area contributed by atoms with E-state index in [0.29, 0.717) is 60.3 Å². The van der Waals surface area contributed by atoms with Crippen LogP contribution in [0.15, 0.2) is 155 Å². The van der Waals surface area contributed by atoms with Gasteiger partial charge in [0, 0.05) is 58.6 Å². The van der Waals surface area contributed by atoms with Gasteiger partial charge in [0.15, 0.2) is 0 Å². The van der Waals surface area contributed by atoms with E-state index in [1.807, 2.05) is 91.0 Å². The molecule has 0 radical (unpaired) electrons. The van der Waals surface area contributed by atoms with Gasteiger partial charge in [0.05, 0.1) is 30.7 Å². The molecule has 15 heteroatoms. The molecule has 1 aliphatic carbocycles. The lowest BCUT2D eigenvalue weighted by Gasteiger charge is -2.21. The van der Waals surface area contributed by atoms with E-state index in [2.05, 4.69) is 44.7 Å². The van der Waals surface area contributed by atoms with Crippen LogP contribution in [0, 0.1) is 11.8 Å². The molecule has 2 aromatic heterocycles. The van der Waals surface area contributed by atoms with Crippen molar-refractivity contribution in [3.05, 3.63) is 183 Å². The van der Waals surface area contributed by atoms with Gasteiger partial charge in [0.2, 0.25) is 17.7 Å². The third-order valence-electron chi connectivity index (χ3n) is 13.5. The minimum absolute atomic E-state index is 0.113. The number of aliphatic carboxylic acids is 1. The van der Waals surface area contributed by atoms with E-state index in [0.717, 1.165) is 45.3 Å². The molecule has 8 aromatic rings. The number of carboxylic acids is 1. The van der Waals surface area contributed by atoms with Crippen LogP contribution in [0.5, 0.6) is 0 Å². The molecule has 5 heterocycles. The summed E-state index contributed by atoms with van der Waals surface area (Å²) in [6.45, 7) is 1.51. The summed E-state index contributed by atoms with van der Waals surface area (Å²) in [6.07, 6.45) is 5.60. The van der Waals surface area contributed by atoms with E-state index in [-0.39, 0.29) is 22.9 Å². The van der Waals surface area contributed by atoms with Crippen molar-refractivity contribution < 1.29 is 30.0 Å². The lowest BCUT2D eigenvalue weighted by molar-refractivity contribution is -0.145. The second-order valence-corrected chi connectivity index (χ2v) is 17.5.